The predicted molar refractivity (Wildman–Crippen MR) is 61.9 cm³/mol. The molecule has 0 aliphatic carbocycles. The molecule has 0 radical (unpaired) electrons. The smallest absolute Gasteiger partial charge is 0.258 e. The van der Waals surface area contributed by atoms with E-state index >= 15 is 0 Å². The molecule has 1 aromatic heterocycles. The summed E-state index contributed by atoms with van der Waals surface area (Å²) >= 11 is 5.77. The molecular formula is C10H14ClN3O2. The molecule has 0 aromatic carbocycles. The minimum Gasteiger partial charge on any atom is -0.258 e. The fourth-order valence-electron chi connectivity index (χ4n) is 1.45. The number of halogens is 1. The second-order valence-corrected chi connectivity index (χ2v) is 4.52. The van der Waals surface area contributed by atoms with Crippen LogP contribution in [0.25, 0.3) is 0 Å². The molecule has 16 heavy (non-hydrogen) atoms. The highest BCUT2D eigenvalue weighted by atomic mass is 35.5. The second kappa shape index (κ2) is 4.74. The minimum absolute atomic E-state index is 0.00519. The highest BCUT2D eigenvalue weighted by molar-refractivity contribution is 6.28. The Labute approximate surface area is 99.0 Å². The van der Waals surface area contributed by atoms with Crippen molar-refractivity contribution in [3.63, 3.8) is 0 Å². The van der Waals surface area contributed by atoms with Crippen LogP contribution in [0.3, 0.4) is 0 Å². The average Bonchev–Trinajstić information content (AvgIpc) is 2.15. The van der Waals surface area contributed by atoms with E-state index in [1.54, 1.807) is 0 Å². The van der Waals surface area contributed by atoms with Gasteiger partial charge in [0.1, 0.15) is 11.4 Å². The van der Waals surface area contributed by atoms with Crippen LogP contribution in [0.1, 0.15) is 50.9 Å². The summed E-state index contributed by atoms with van der Waals surface area (Å²) in [6, 6.07) is 0. The summed E-state index contributed by atoms with van der Waals surface area (Å²) in [7, 11) is 0. The zero-order chi connectivity index (χ0) is 12.5. The van der Waals surface area contributed by atoms with Crippen LogP contribution >= 0.6 is 11.6 Å². The zero-order valence-electron chi connectivity index (χ0n) is 9.69. The second-order valence-electron chi connectivity index (χ2n) is 4.18. The molecule has 0 N–H and O–H groups in total. The first-order chi connectivity index (χ1) is 7.34. The molecule has 1 heterocycles. The maximum atomic E-state index is 11.0. The van der Waals surface area contributed by atoms with Gasteiger partial charge in [-0.3, -0.25) is 10.1 Å². The normalized spacial score (nSPS) is 11.2. The molecule has 1 aromatic rings. The van der Waals surface area contributed by atoms with E-state index in [4.69, 9.17) is 11.6 Å². The van der Waals surface area contributed by atoms with Crippen molar-refractivity contribution in [2.75, 3.05) is 0 Å². The first kappa shape index (κ1) is 12.8. The van der Waals surface area contributed by atoms with Crippen molar-refractivity contribution in [1.82, 2.24) is 9.97 Å². The molecule has 88 valence electrons. The van der Waals surface area contributed by atoms with E-state index < -0.39 is 4.92 Å². The van der Waals surface area contributed by atoms with Crippen LogP contribution in [0.5, 0.6) is 0 Å². The van der Waals surface area contributed by atoms with Crippen LogP contribution in [-0.2, 0) is 0 Å². The minimum atomic E-state index is -0.430. The Hall–Kier alpha value is -1.23. The molecule has 0 saturated heterocycles. The van der Waals surface area contributed by atoms with Gasteiger partial charge in [0.15, 0.2) is 0 Å². The van der Waals surface area contributed by atoms with Crippen LogP contribution in [-0.4, -0.2) is 14.9 Å². The van der Waals surface area contributed by atoms with Crippen LogP contribution in [0, 0.1) is 10.1 Å². The van der Waals surface area contributed by atoms with Crippen molar-refractivity contribution in [2.24, 2.45) is 0 Å². The molecule has 0 amide bonds. The van der Waals surface area contributed by atoms with Gasteiger partial charge >= 0.3 is 5.69 Å². The number of aromatic nitrogens is 2. The van der Waals surface area contributed by atoms with Gasteiger partial charge in [-0.2, -0.15) is 0 Å². The van der Waals surface area contributed by atoms with Crippen molar-refractivity contribution in [2.45, 2.75) is 39.5 Å². The lowest BCUT2D eigenvalue weighted by molar-refractivity contribution is -0.387. The summed E-state index contributed by atoms with van der Waals surface area (Å²) in [4.78, 5) is 18.5. The van der Waals surface area contributed by atoms with E-state index in [2.05, 4.69) is 9.97 Å². The number of nitrogens with zero attached hydrogens (tertiary/aromatic N) is 3. The number of hydrogen-bond acceptors (Lipinski definition) is 4. The van der Waals surface area contributed by atoms with Gasteiger partial charge < -0.3 is 0 Å². The van der Waals surface area contributed by atoms with E-state index in [0.717, 1.165) is 0 Å². The van der Waals surface area contributed by atoms with Crippen molar-refractivity contribution in [3.05, 3.63) is 26.8 Å². The first-order valence-corrected chi connectivity index (χ1v) is 5.44. The van der Waals surface area contributed by atoms with Crippen LogP contribution in [0.2, 0.25) is 5.28 Å². The summed E-state index contributed by atoms with van der Waals surface area (Å²) < 4.78 is 0. The molecule has 1 rings (SSSR count). The molecule has 0 fully saturated rings. The third-order valence-electron chi connectivity index (χ3n) is 2.19. The summed E-state index contributed by atoms with van der Waals surface area (Å²) in [5.74, 6) is -0.114. The predicted octanol–water partition coefficient (Wildman–Crippen LogP) is 3.29. The Morgan fingerprint density at radius 3 is 1.75 bits per heavy atom. The average molecular weight is 244 g/mol. The zero-order valence-corrected chi connectivity index (χ0v) is 10.4. The van der Waals surface area contributed by atoms with Crippen molar-refractivity contribution in [1.29, 1.82) is 0 Å². The molecule has 6 heteroatoms. The van der Waals surface area contributed by atoms with Gasteiger partial charge in [0.05, 0.1) is 4.92 Å². The highest BCUT2D eigenvalue weighted by Crippen LogP contribution is 2.32. The third kappa shape index (κ3) is 2.47. The summed E-state index contributed by atoms with van der Waals surface area (Å²) in [5.41, 5.74) is 0.789. The van der Waals surface area contributed by atoms with Gasteiger partial charge in [-0.1, -0.05) is 27.7 Å². The van der Waals surface area contributed by atoms with Crippen LogP contribution in [0.4, 0.5) is 5.69 Å². The lowest BCUT2D eigenvalue weighted by Gasteiger charge is -2.11. The molecule has 0 bridgehead atoms. The monoisotopic (exact) mass is 243 g/mol. The largest absolute Gasteiger partial charge is 0.312 e. The molecule has 0 aliphatic rings. The number of nitro groups is 1. The maximum absolute atomic E-state index is 11.0. The molecule has 0 unspecified atom stereocenters. The fraction of sp³-hybridized carbons (Fsp3) is 0.600. The molecular weight excluding hydrogens is 230 g/mol. The van der Waals surface area contributed by atoms with Gasteiger partial charge in [0, 0.05) is 11.8 Å². The van der Waals surface area contributed by atoms with Crippen LogP contribution in [0.15, 0.2) is 0 Å². The SMILES string of the molecule is CC(C)c1nc(Cl)nc(C(C)C)c1[N+](=O)[O-]. The fourth-order valence-corrected chi connectivity index (χ4v) is 1.64. The molecule has 0 saturated carbocycles. The summed E-state index contributed by atoms with van der Waals surface area (Å²) in [5, 5.41) is 11.1. The first-order valence-electron chi connectivity index (χ1n) is 5.06. The Bertz CT molecular complexity index is 390. The Morgan fingerprint density at radius 2 is 1.50 bits per heavy atom. The molecule has 5 nitrogen and oxygen atoms in total. The van der Waals surface area contributed by atoms with Gasteiger partial charge in [-0.15, -0.1) is 0 Å². The highest BCUT2D eigenvalue weighted by Gasteiger charge is 2.27. The van der Waals surface area contributed by atoms with E-state index in [9.17, 15) is 10.1 Å². The van der Waals surface area contributed by atoms with Crippen LogP contribution < -0.4 is 0 Å². The molecule has 0 atom stereocenters. The number of rotatable bonds is 3. The quantitative estimate of drug-likeness (QED) is 0.464. The lowest BCUT2D eigenvalue weighted by Crippen LogP contribution is -2.08. The molecule has 0 aliphatic heterocycles. The van der Waals surface area contributed by atoms with Crippen molar-refractivity contribution < 1.29 is 4.92 Å². The Kier molecular flexibility index (Phi) is 3.80. The molecule has 0 spiro atoms. The van der Waals surface area contributed by atoms with Crippen molar-refractivity contribution in [3.8, 4) is 0 Å². The summed E-state index contributed by atoms with van der Waals surface area (Å²) in [6.45, 7) is 7.37. The Balaban J connectivity index is 3.54. The van der Waals surface area contributed by atoms with E-state index in [1.807, 2.05) is 27.7 Å². The van der Waals surface area contributed by atoms with Gasteiger partial charge in [-0.25, -0.2) is 9.97 Å². The number of hydrogen-bond donors (Lipinski definition) is 0. The van der Waals surface area contributed by atoms with Gasteiger partial charge in [0.25, 0.3) is 0 Å². The van der Waals surface area contributed by atoms with E-state index in [0.29, 0.717) is 11.4 Å². The summed E-state index contributed by atoms with van der Waals surface area (Å²) in [6.07, 6.45) is 0. The van der Waals surface area contributed by atoms with Gasteiger partial charge in [-0.05, 0) is 11.6 Å². The maximum Gasteiger partial charge on any atom is 0.312 e. The lowest BCUT2D eigenvalue weighted by atomic mass is 10.0. The van der Waals surface area contributed by atoms with E-state index in [-0.39, 0.29) is 22.8 Å². The Morgan fingerprint density at radius 1 is 1.12 bits per heavy atom. The van der Waals surface area contributed by atoms with Gasteiger partial charge in [0.2, 0.25) is 5.28 Å². The van der Waals surface area contributed by atoms with E-state index in [1.165, 1.54) is 0 Å². The van der Waals surface area contributed by atoms with Crippen molar-refractivity contribution >= 4 is 17.3 Å². The topological polar surface area (TPSA) is 68.9 Å². The standard InChI is InChI=1S/C10H14ClN3O2/c1-5(2)7-9(14(15)16)8(6(3)4)13-10(11)12-7/h5-6H,1-4H3. The third-order valence-corrected chi connectivity index (χ3v) is 2.36.